The number of carbonyl (C=O) groups is 1. The molecule has 1 saturated carbocycles. The minimum absolute atomic E-state index is 0.0979. The smallest absolute Gasteiger partial charge is 0.257 e. The summed E-state index contributed by atoms with van der Waals surface area (Å²) in [6.45, 7) is 6.12. The van der Waals surface area contributed by atoms with E-state index in [4.69, 9.17) is 0 Å². The van der Waals surface area contributed by atoms with Crippen LogP contribution < -0.4 is 15.1 Å². The van der Waals surface area contributed by atoms with Gasteiger partial charge in [0.05, 0.1) is 17.9 Å². The second kappa shape index (κ2) is 11.1. The summed E-state index contributed by atoms with van der Waals surface area (Å²) in [5.41, 5.74) is 2.83. The molecule has 1 aromatic carbocycles. The Morgan fingerprint density at radius 2 is 1.81 bits per heavy atom. The molecule has 3 aliphatic rings. The van der Waals surface area contributed by atoms with Crippen LogP contribution in [0.25, 0.3) is 0 Å². The van der Waals surface area contributed by atoms with Crippen LogP contribution in [0.1, 0.15) is 41.7 Å². The number of anilines is 3. The van der Waals surface area contributed by atoms with Gasteiger partial charge in [-0.15, -0.1) is 11.8 Å². The lowest BCUT2D eigenvalue weighted by molar-refractivity contribution is -0.0221. The number of halogens is 2. The van der Waals surface area contributed by atoms with E-state index >= 15 is 0 Å². The maximum Gasteiger partial charge on any atom is 0.257 e. The average Bonchev–Trinajstić information content (AvgIpc) is 3.73. The highest BCUT2D eigenvalue weighted by atomic mass is 32.2. The van der Waals surface area contributed by atoms with Gasteiger partial charge in [-0.05, 0) is 44.0 Å². The van der Waals surface area contributed by atoms with Gasteiger partial charge >= 0.3 is 0 Å². The van der Waals surface area contributed by atoms with E-state index in [1.807, 2.05) is 24.0 Å². The van der Waals surface area contributed by atoms with Crippen LogP contribution in [0, 0.1) is 6.92 Å². The topological polar surface area (TPSA) is 71.9 Å². The summed E-state index contributed by atoms with van der Waals surface area (Å²) in [7, 11) is 0. The van der Waals surface area contributed by atoms with Crippen molar-refractivity contribution in [3.63, 3.8) is 0 Å². The van der Waals surface area contributed by atoms with Crippen molar-refractivity contribution in [1.82, 2.24) is 9.88 Å². The molecule has 0 radical (unpaired) electrons. The number of nitrogens with one attached hydrogen (secondary N) is 1. The number of thioether (sulfide) groups is 1. The zero-order valence-corrected chi connectivity index (χ0v) is 22.1. The second-order valence-electron chi connectivity index (χ2n) is 10.2. The summed E-state index contributed by atoms with van der Waals surface area (Å²) in [5.74, 6) is -1.63. The van der Waals surface area contributed by atoms with Gasteiger partial charge in [-0.25, -0.2) is 13.8 Å². The fraction of sp³-hybridized carbons (Fsp3) is 0.556. The number of aromatic nitrogens is 1. The summed E-state index contributed by atoms with van der Waals surface area (Å²) in [4.78, 5) is 25.8. The number of hydrogen-bond acceptors (Lipinski definition) is 7. The first-order valence-electron chi connectivity index (χ1n) is 13.1. The molecular weight excluding hydrogens is 496 g/mol. The lowest BCUT2D eigenvalue weighted by atomic mass is 10.1. The molecule has 10 heteroatoms. The second-order valence-corrected chi connectivity index (χ2v) is 11.3. The van der Waals surface area contributed by atoms with Gasteiger partial charge in [0, 0.05) is 86.2 Å². The molecule has 5 rings (SSSR count). The van der Waals surface area contributed by atoms with Crippen LogP contribution in [0.3, 0.4) is 0 Å². The SMILES string of the molecule is Cc1cc(NC(=O)c2ccc(SCCO)cc2N2CCN(C3CC3)CC2)cc(N2CCC(F)(F)CC2)n1. The van der Waals surface area contributed by atoms with E-state index in [-0.39, 0.29) is 38.4 Å². The lowest BCUT2D eigenvalue weighted by Gasteiger charge is -2.37. The van der Waals surface area contributed by atoms with Gasteiger partial charge in [0.15, 0.2) is 0 Å². The molecule has 2 N–H and O–H groups in total. The third-order valence-electron chi connectivity index (χ3n) is 7.31. The molecule has 2 saturated heterocycles. The number of piperazine rings is 1. The molecular formula is C27H35F2N5O2S. The van der Waals surface area contributed by atoms with Crippen molar-refractivity contribution in [3.05, 3.63) is 41.6 Å². The molecule has 0 atom stereocenters. The largest absolute Gasteiger partial charge is 0.396 e. The Morgan fingerprint density at radius 3 is 2.49 bits per heavy atom. The van der Waals surface area contributed by atoms with Gasteiger partial charge in [0.1, 0.15) is 5.82 Å². The van der Waals surface area contributed by atoms with Crippen LogP contribution in [0.4, 0.5) is 26.0 Å². The molecule has 1 amide bonds. The van der Waals surface area contributed by atoms with Crippen molar-refractivity contribution in [1.29, 1.82) is 0 Å². The summed E-state index contributed by atoms with van der Waals surface area (Å²) in [6, 6.07) is 10.1. The number of amides is 1. The normalized spacial score (nSPS) is 20.2. The number of aliphatic hydroxyl groups excluding tert-OH is 1. The van der Waals surface area contributed by atoms with Crippen LogP contribution in [-0.4, -0.2) is 84.5 Å². The summed E-state index contributed by atoms with van der Waals surface area (Å²) in [6.07, 6.45) is 2.19. The van der Waals surface area contributed by atoms with Crippen molar-refractivity contribution in [2.45, 2.75) is 49.5 Å². The molecule has 1 aliphatic carbocycles. The number of aliphatic hydroxyl groups is 1. The standard InChI is InChI=1S/C27H35F2N5O2S/c1-19-16-20(17-25(30-19)34-8-6-27(28,29)7-9-34)31-26(36)23-5-4-22(37-15-14-35)18-24(23)33-12-10-32(11-13-33)21-2-3-21/h4-5,16-18,21,35H,2-3,6-15H2,1H3,(H,30,31,36). The van der Waals surface area contributed by atoms with Crippen molar-refractivity contribution >= 4 is 34.9 Å². The minimum Gasteiger partial charge on any atom is -0.396 e. The van der Waals surface area contributed by atoms with Crippen LogP contribution in [0.5, 0.6) is 0 Å². The van der Waals surface area contributed by atoms with E-state index in [2.05, 4.69) is 26.2 Å². The molecule has 3 fully saturated rings. The Labute approximate surface area is 221 Å². The van der Waals surface area contributed by atoms with Gasteiger partial charge in [-0.3, -0.25) is 9.69 Å². The Kier molecular flexibility index (Phi) is 7.88. The molecule has 7 nitrogen and oxygen atoms in total. The van der Waals surface area contributed by atoms with Gasteiger partial charge in [-0.1, -0.05) is 0 Å². The van der Waals surface area contributed by atoms with Crippen molar-refractivity contribution in [3.8, 4) is 0 Å². The van der Waals surface area contributed by atoms with E-state index in [1.54, 1.807) is 23.9 Å². The number of pyridine rings is 1. The molecule has 37 heavy (non-hydrogen) atoms. The van der Waals surface area contributed by atoms with Gasteiger partial charge in [0.2, 0.25) is 0 Å². The Hall–Kier alpha value is -2.43. The van der Waals surface area contributed by atoms with E-state index in [0.717, 1.165) is 48.5 Å². The van der Waals surface area contributed by atoms with E-state index in [1.165, 1.54) is 12.8 Å². The average molecular weight is 532 g/mol. The molecule has 1 aromatic heterocycles. The summed E-state index contributed by atoms with van der Waals surface area (Å²) in [5, 5.41) is 12.3. The molecule has 200 valence electrons. The highest BCUT2D eigenvalue weighted by Gasteiger charge is 2.35. The highest BCUT2D eigenvalue weighted by Crippen LogP contribution is 2.33. The van der Waals surface area contributed by atoms with Crippen LogP contribution in [0.2, 0.25) is 0 Å². The molecule has 0 bridgehead atoms. The Morgan fingerprint density at radius 1 is 1.08 bits per heavy atom. The number of hydrogen-bond donors (Lipinski definition) is 2. The fourth-order valence-electron chi connectivity index (χ4n) is 5.13. The molecule has 2 aliphatic heterocycles. The predicted octanol–water partition coefficient (Wildman–Crippen LogP) is 4.25. The van der Waals surface area contributed by atoms with Crippen LogP contribution in [0.15, 0.2) is 35.2 Å². The first-order chi connectivity index (χ1) is 17.8. The summed E-state index contributed by atoms with van der Waals surface area (Å²) >= 11 is 1.57. The molecule has 0 spiro atoms. The maximum absolute atomic E-state index is 13.6. The summed E-state index contributed by atoms with van der Waals surface area (Å²) < 4.78 is 27.3. The van der Waals surface area contributed by atoms with E-state index < -0.39 is 5.92 Å². The molecule has 0 unspecified atom stereocenters. The van der Waals surface area contributed by atoms with E-state index in [0.29, 0.717) is 22.8 Å². The van der Waals surface area contributed by atoms with Gasteiger partial charge in [0.25, 0.3) is 11.8 Å². The number of alkyl halides is 2. The Bertz CT molecular complexity index is 1110. The third kappa shape index (κ3) is 6.53. The third-order valence-corrected chi connectivity index (χ3v) is 8.28. The highest BCUT2D eigenvalue weighted by molar-refractivity contribution is 7.99. The first-order valence-corrected chi connectivity index (χ1v) is 14.1. The fourth-order valence-corrected chi connectivity index (χ4v) is 5.82. The zero-order valence-electron chi connectivity index (χ0n) is 21.3. The molecule has 3 heterocycles. The van der Waals surface area contributed by atoms with Gasteiger partial charge in [-0.2, -0.15) is 0 Å². The van der Waals surface area contributed by atoms with Crippen LogP contribution in [-0.2, 0) is 0 Å². The number of nitrogens with zero attached hydrogens (tertiary/aromatic N) is 4. The zero-order chi connectivity index (χ0) is 26.0. The number of piperidine rings is 1. The number of carbonyl (C=O) groups excluding carboxylic acids is 1. The Balaban J connectivity index is 1.34. The van der Waals surface area contributed by atoms with Crippen molar-refractivity contribution < 1.29 is 18.7 Å². The van der Waals surface area contributed by atoms with Gasteiger partial charge < -0.3 is 20.2 Å². The quantitative estimate of drug-likeness (QED) is 0.494. The lowest BCUT2D eigenvalue weighted by Crippen LogP contribution is -2.47. The van der Waals surface area contributed by atoms with E-state index in [9.17, 15) is 18.7 Å². The maximum atomic E-state index is 13.6. The molecule has 2 aromatic rings. The predicted molar refractivity (Wildman–Crippen MR) is 144 cm³/mol. The number of rotatable bonds is 8. The minimum atomic E-state index is -2.63. The number of benzene rings is 1. The first kappa shape index (κ1) is 26.2. The monoisotopic (exact) mass is 531 g/mol. The van der Waals surface area contributed by atoms with Crippen LogP contribution >= 0.6 is 11.8 Å². The van der Waals surface area contributed by atoms with Crippen molar-refractivity contribution in [2.75, 3.05) is 66.7 Å². The number of aryl methyl sites for hydroxylation is 1. The van der Waals surface area contributed by atoms with Crippen molar-refractivity contribution in [2.24, 2.45) is 0 Å².